The number of nitrogens with zero attached hydrogens (tertiary/aromatic N) is 3. The molecular weight excluding hydrogens is 252 g/mol. The second-order valence-electron chi connectivity index (χ2n) is 5.24. The Bertz CT molecular complexity index is 805. The molecular formula is C15H18N4O. The Kier molecular flexibility index (Phi) is 2.78. The van der Waals surface area contributed by atoms with E-state index in [2.05, 4.69) is 15.1 Å². The normalized spacial score (nSPS) is 11.2. The number of fused-ring (bicyclic) bond motifs is 2. The smallest absolute Gasteiger partial charge is 0.183 e. The van der Waals surface area contributed by atoms with Crippen LogP contribution in [0.1, 0.15) is 11.3 Å². The van der Waals surface area contributed by atoms with Crippen molar-refractivity contribution in [3.63, 3.8) is 0 Å². The van der Waals surface area contributed by atoms with Crippen LogP contribution in [0.25, 0.3) is 21.9 Å². The van der Waals surface area contributed by atoms with Gasteiger partial charge in [0, 0.05) is 25.2 Å². The number of aromatic nitrogens is 3. The monoisotopic (exact) mass is 270 g/mol. The van der Waals surface area contributed by atoms with E-state index in [1.54, 1.807) is 7.11 Å². The molecule has 0 radical (unpaired) electrons. The van der Waals surface area contributed by atoms with E-state index in [0.29, 0.717) is 0 Å². The van der Waals surface area contributed by atoms with Gasteiger partial charge in [0.05, 0.1) is 23.7 Å². The Labute approximate surface area is 117 Å². The standard InChI is InChI=1S/C15H18N4O/c1-8-6-10(20-5)7-11-13(8)16-15-12(9(2)17-18-15)14(11)19(3)4/h6-7H,1-5H3,(H,16,17,18). The molecule has 0 spiro atoms. The van der Waals surface area contributed by atoms with Crippen LogP contribution >= 0.6 is 0 Å². The summed E-state index contributed by atoms with van der Waals surface area (Å²) in [6.45, 7) is 4.06. The average molecular weight is 270 g/mol. The summed E-state index contributed by atoms with van der Waals surface area (Å²) in [5.74, 6) is 0.848. The zero-order valence-electron chi connectivity index (χ0n) is 12.4. The molecule has 3 rings (SSSR count). The maximum absolute atomic E-state index is 5.39. The lowest BCUT2D eigenvalue weighted by atomic mass is 10.1. The summed E-state index contributed by atoms with van der Waals surface area (Å²) in [5.41, 5.74) is 4.96. The Hall–Kier alpha value is -2.30. The van der Waals surface area contributed by atoms with E-state index in [1.807, 2.05) is 40.1 Å². The van der Waals surface area contributed by atoms with E-state index in [9.17, 15) is 0 Å². The number of anilines is 1. The van der Waals surface area contributed by atoms with Crippen molar-refractivity contribution in [3.05, 3.63) is 23.4 Å². The number of pyridine rings is 1. The van der Waals surface area contributed by atoms with Crippen molar-refractivity contribution in [2.75, 3.05) is 26.1 Å². The third-order valence-corrected chi connectivity index (χ3v) is 3.59. The quantitative estimate of drug-likeness (QED) is 0.778. The summed E-state index contributed by atoms with van der Waals surface area (Å²) in [4.78, 5) is 6.80. The fourth-order valence-electron chi connectivity index (χ4n) is 2.68. The molecule has 1 aromatic carbocycles. The molecule has 0 aliphatic carbocycles. The van der Waals surface area contributed by atoms with Crippen molar-refractivity contribution < 1.29 is 4.74 Å². The van der Waals surface area contributed by atoms with Gasteiger partial charge in [-0.1, -0.05) is 0 Å². The number of nitrogens with one attached hydrogen (secondary N) is 1. The highest BCUT2D eigenvalue weighted by molar-refractivity contribution is 6.08. The molecule has 104 valence electrons. The highest BCUT2D eigenvalue weighted by Crippen LogP contribution is 2.36. The van der Waals surface area contributed by atoms with E-state index >= 15 is 0 Å². The molecule has 2 heterocycles. The Morgan fingerprint density at radius 2 is 1.95 bits per heavy atom. The van der Waals surface area contributed by atoms with Gasteiger partial charge in [-0.05, 0) is 31.5 Å². The van der Waals surface area contributed by atoms with Gasteiger partial charge in [-0.15, -0.1) is 0 Å². The highest BCUT2D eigenvalue weighted by Gasteiger charge is 2.17. The third-order valence-electron chi connectivity index (χ3n) is 3.59. The fourth-order valence-corrected chi connectivity index (χ4v) is 2.68. The van der Waals surface area contributed by atoms with Crippen molar-refractivity contribution >= 4 is 27.6 Å². The largest absolute Gasteiger partial charge is 0.497 e. The molecule has 0 fully saturated rings. The molecule has 0 unspecified atom stereocenters. The van der Waals surface area contributed by atoms with Crippen LogP contribution < -0.4 is 9.64 Å². The predicted molar refractivity (Wildman–Crippen MR) is 81.7 cm³/mol. The lowest BCUT2D eigenvalue weighted by Gasteiger charge is -2.18. The maximum Gasteiger partial charge on any atom is 0.183 e. The van der Waals surface area contributed by atoms with Crippen LogP contribution in [0.15, 0.2) is 12.1 Å². The first-order chi connectivity index (χ1) is 9.52. The number of ether oxygens (including phenoxy) is 1. The number of hydrogen-bond donors (Lipinski definition) is 1. The van der Waals surface area contributed by atoms with Crippen molar-refractivity contribution in [2.45, 2.75) is 13.8 Å². The van der Waals surface area contributed by atoms with Crippen LogP contribution in [0.2, 0.25) is 0 Å². The van der Waals surface area contributed by atoms with Crippen LogP contribution in [0.3, 0.4) is 0 Å². The van der Waals surface area contributed by atoms with Crippen molar-refractivity contribution in [1.29, 1.82) is 0 Å². The van der Waals surface area contributed by atoms with Crippen molar-refractivity contribution in [2.24, 2.45) is 0 Å². The minimum Gasteiger partial charge on any atom is -0.497 e. The van der Waals surface area contributed by atoms with E-state index in [4.69, 9.17) is 9.72 Å². The van der Waals surface area contributed by atoms with Gasteiger partial charge in [-0.2, -0.15) is 5.10 Å². The molecule has 1 N–H and O–H groups in total. The van der Waals surface area contributed by atoms with Crippen LogP contribution in [0.5, 0.6) is 5.75 Å². The zero-order chi connectivity index (χ0) is 14.4. The fraction of sp³-hybridized carbons (Fsp3) is 0.333. The SMILES string of the molecule is COc1cc(C)c2nc3n[nH]c(C)c3c(N(C)C)c2c1. The first kappa shape index (κ1) is 12.7. The summed E-state index contributed by atoms with van der Waals surface area (Å²) in [7, 11) is 5.76. The minimum atomic E-state index is 0.756. The average Bonchev–Trinajstić information content (AvgIpc) is 2.77. The summed E-state index contributed by atoms with van der Waals surface area (Å²) in [5, 5.41) is 9.48. The molecule has 0 aliphatic rings. The molecule has 3 aromatic rings. The summed E-state index contributed by atoms with van der Waals surface area (Å²) in [6, 6.07) is 4.04. The second kappa shape index (κ2) is 4.37. The lowest BCUT2D eigenvalue weighted by molar-refractivity contribution is 0.415. The van der Waals surface area contributed by atoms with Crippen LogP contribution in [0.4, 0.5) is 5.69 Å². The molecule has 0 aliphatic heterocycles. The first-order valence-corrected chi connectivity index (χ1v) is 6.53. The molecule has 0 saturated heterocycles. The number of hydrogen-bond acceptors (Lipinski definition) is 4. The molecule has 5 heteroatoms. The summed E-state index contributed by atoms with van der Waals surface area (Å²) >= 11 is 0. The minimum absolute atomic E-state index is 0.756. The summed E-state index contributed by atoms with van der Waals surface area (Å²) in [6.07, 6.45) is 0. The molecule has 0 bridgehead atoms. The van der Waals surface area contributed by atoms with Gasteiger partial charge in [-0.3, -0.25) is 5.10 Å². The van der Waals surface area contributed by atoms with Gasteiger partial charge in [0.2, 0.25) is 0 Å². The van der Waals surface area contributed by atoms with Gasteiger partial charge >= 0.3 is 0 Å². The number of H-pyrrole nitrogens is 1. The van der Waals surface area contributed by atoms with Crippen molar-refractivity contribution in [3.8, 4) is 5.75 Å². The molecule has 0 atom stereocenters. The second-order valence-corrected chi connectivity index (χ2v) is 5.24. The Balaban J connectivity index is 2.56. The predicted octanol–water partition coefficient (Wildman–Crippen LogP) is 2.80. The van der Waals surface area contributed by atoms with Crippen molar-refractivity contribution in [1.82, 2.24) is 15.2 Å². The van der Waals surface area contributed by atoms with Gasteiger partial charge in [0.25, 0.3) is 0 Å². The van der Waals surface area contributed by atoms with Crippen LogP contribution in [-0.2, 0) is 0 Å². The molecule has 20 heavy (non-hydrogen) atoms. The lowest BCUT2D eigenvalue weighted by Crippen LogP contribution is -2.10. The maximum atomic E-state index is 5.39. The first-order valence-electron chi connectivity index (χ1n) is 6.53. The third kappa shape index (κ3) is 1.70. The highest BCUT2D eigenvalue weighted by atomic mass is 16.5. The Morgan fingerprint density at radius 3 is 2.60 bits per heavy atom. The topological polar surface area (TPSA) is 54.0 Å². The van der Waals surface area contributed by atoms with Gasteiger partial charge in [0.1, 0.15) is 5.75 Å². The van der Waals surface area contributed by atoms with E-state index in [1.165, 1.54) is 0 Å². The number of aromatic amines is 1. The number of benzene rings is 1. The molecule has 0 saturated carbocycles. The van der Waals surface area contributed by atoms with Crippen LogP contribution in [0, 0.1) is 13.8 Å². The summed E-state index contributed by atoms with van der Waals surface area (Å²) < 4.78 is 5.39. The number of methoxy groups -OCH3 is 1. The van der Waals surface area contributed by atoms with E-state index < -0.39 is 0 Å². The van der Waals surface area contributed by atoms with Gasteiger partial charge in [-0.25, -0.2) is 4.98 Å². The van der Waals surface area contributed by atoms with E-state index in [-0.39, 0.29) is 0 Å². The molecule has 2 aromatic heterocycles. The van der Waals surface area contributed by atoms with E-state index in [0.717, 1.165) is 44.6 Å². The zero-order valence-corrected chi connectivity index (χ0v) is 12.4. The Morgan fingerprint density at radius 1 is 1.20 bits per heavy atom. The van der Waals surface area contributed by atoms with Crippen LogP contribution in [-0.4, -0.2) is 36.4 Å². The van der Waals surface area contributed by atoms with Gasteiger partial charge < -0.3 is 9.64 Å². The molecule has 5 nitrogen and oxygen atoms in total. The molecule has 0 amide bonds. The van der Waals surface area contributed by atoms with Gasteiger partial charge in [0.15, 0.2) is 5.65 Å². The number of rotatable bonds is 2. The number of aryl methyl sites for hydroxylation is 2.